The molecule has 198 valence electrons. The Labute approximate surface area is 205 Å². The zero-order valence-electron chi connectivity index (χ0n) is 22.5. The van der Waals surface area contributed by atoms with Gasteiger partial charge in [-0.05, 0) is 57.8 Å². The Kier molecular flexibility index (Phi) is 13.8. The number of carbonyl (C=O) groups is 4. The average molecular weight is 486 g/mol. The summed E-state index contributed by atoms with van der Waals surface area (Å²) in [6, 6.07) is -1.22. The molecule has 0 radical (unpaired) electrons. The predicted octanol–water partition coefficient (Wildman–Crippen LogP) is 3.85. The maximum Gasteiger partial charge on any atom is 0.408 e. The summed E-state index contributed by atoms with van der Waals surface area (Å²) in [5.74, 6) is -1.01. The molecule has 0 aromatic rings. The highest BCUT2D eigenvalue weighted by atomic mass is 16.6. The van der Waals surface area contributed by atoms with Crippen molar-refractivity contribution < 1.29 is 29.0 Å². The minimum absolute atomic E-state index is 0.00427. The molecule has 0 bridgehead atoms. The second kappa shape index (κ2) is 14.8. The zero-order chi connectivity index (χ0) is 26.6. The molecule has 0 rings (SSSR count). The fraction of sp³-hybridized carbons (Fsp3) is 0.840. The molecule has 0 saturated carbocycles. The van der Waals surface area contributed by atoms with Crippen LogP contribution in [0.3, 0.4) is 0 Å². The SMILES string of the molecule is CC(C)C[C@H](NC(=O)OC(C)(C)C)C(=O)N[C@H](CCC(=O)N[C@H](CCC(=O)O)C(C)C)C(C)C. The molecule has 0 aromatic carbocycles. The number of aliphatic carboxylic acids is 1. The molecule has 4 N–H and O–H groups in total. The smallest absolute Gasteiger partial charge is 0.408 e. The summed E-state index contributed by atoms with van der Waals surface area (Å²) in [5, 5.41) is 17.5. The van der Waals surface area contributed by atoms with E-state index in [-0.39, 0.29) is 54.5 Å². The van der Waals surface area contributed by atoms with Crippen LogP contribution in [-0.2, 0) is 19.1 Å². The Balaban J connectivity index is 5.07. The van der Waals surface area contributed by atoms with Gasteiger partial charge in [-0.2, -0.15) is 0 Å². The van der Waals surface area contributed by atoms with Gasteiger partial charge in [0.05, 0.1) is 0 Å². The van der Waals surface area contributed by atoms with Crippen molar-refractivity contribution in [3.8, 4) is 0 Å². The van der Waals surface area contributed by atoms with Gasteiger partial charge in [0.15, 0.2) is 0 Å². The maximum atomic E-state index is 13.0. The van der Waals surface area contributed by atoms with Gasteiger partial charge in [-0.15, -0.1) is 0 Å². The van der Waals surface area contributed by atoms with Crippen molar-refractivity contribution >= 4 is 23.9 Å². The lowest BCUT2D eigenvalue weighted by molar-refractivity contribution is -0.137. The second-order valence-corrected chi connectivity index (χ2v) is 11.1. The van der Waals surface area contributed by atoms with Gasteiger partial charge < -0.3 is 25.8 Å². The molecule has 0 unspecified atom stereocenters. The van der Waals surface area contributed by atoms with Gasteiger partial charge in [0.1, 0.15) is 11.6 Å². The minimum atomic E-state index is -0.890. The fourth-order valence-corrected chi connectivity index (χ4v) is 3.42. The van der Waals surface area contributed by atoms with Crippen LogP contribution in [0.15, 0.2) is 0 Å². The molecule has 0 aliphatic rings. The highest BCUT2D eigenvalue weighted by molar-refractivity contribution is 5.86. The van der Waals surface area contributed by atoms with Crippen LogP contribution in [0.5, 0.6) is 0 Å². The summed E-state index contributed by atoms with van der Waals surface area (Å²) in [4.78, 5) is 48.7. The highest BCUT2D eigenvalue weighted by Crippen LogP contribution is 2.14. The van der Waals surface area contributed by atoms with Crippen molar-refractivity contribution in [2.24, 2.45) is 17.8 Å². The van der Waals surface area contributed by atoms with Gasteiger partial charge in [-0.25, -0.2) is 4.79 Å². The summed E-state index contributed by atoms with van der Waals surface area (Å²) in [5.41, 5.74) is -0.672. The Bertz CT molecular complexity index is 670. The fourth-order valence-electron chi connectivity index (χ4n) is 3.42. The van der Waals surface area contributed by atoms with Gasteiger partial charge in [0.2, 0.25) is 11.8 Å². The zero-order valence-corrected chi connectivity index (χ0v) is 22.5. The molecule has 0 heterocycles. The van der Waals surface area contributed by atoms with Gasteiger partial charge in [-0.1, -0.05) is 41.5 Å². The number of alkyl carbamates (subject to hydrolysis) is 1. The third kappa shape index (κ3) is 14.8. The van der Waals surface area contributed by atoms with Gasteiger partial charge >= 0.3 is 12.1 Å². The van der Waals surface area contributed by atoms with Gasteiger partial charge in [0.25, 0.3) is 0 Å². The minimum Gasteiger partial charge on any atom is -0.481 e. The Morgan fingerprint density at radius 2 is 1.29 bits per heavy atom. The molecule has 0 aliphatic carbocycles. The summed E-state index contributed by atoms with van der Waals surface area (Å²) < 4.78 is 5.30. The Morgan fingerprint density at radius 1 is 0.794 bits per heavy atom. The molecule has 0 aromatic heterocycles. The maximum absolute atomic E-state index is 13.0. The number of rotatable bonds is 14. The summed E-state index contributed by atoms with van der Waals surface area (Å²) in [7, 11) is 0. The molecule has 3 atom stereocenters. The van der Waals surface area contributed by atoms with Crippen LogP contribution in [0.1, 0.15) is 94.4 Å². The second-order valence-electron chi connectivity index (χ2n) is 11.1. The molecule has 0 aliphatic heterocycles. The lowest BCUT2D eigenvalue weighted by atomic mass is 9.96. The first-order valence-corrected chi connectivity index (χ1v) is 12.3. The number of ether oxygens (including phenoxy) is 1. The normalized spacial score (nSPS) is 14.5. The third-order valence-corrected chi connectivity index (χ3v) is 5.35. The van der Waals surface area contributed by atoms with Crippen molar-refractivity contribution in [3.05, 3.63) is 0 Å². The van der Waals surface area contributed by atoms with Crippen LogP contribution < -0.4 is 16.0 Å². The van der Waals surface area contributed by atoms with Crippen molar-refractivity contribution in [1.82, 2.24) is 16.0 Å². The Morgan fingerprint density at radius 3 is 1.74 bits per heavy atom. The van der Waals surface area contributed by atoms with Crippen LogP contribution >= 0.6 is 0 Å². The van der Waals surface area contributed by atoms with E-state index in [0.29, 0.717) is 19.3 Å². The molecule has 0 spiro atoms. The number of amides is 3. The Hall–Kier alpha value is -2.32. The van der Waals surface area contributed by atoms with Crippen LogP contribution in [0.2, 0.25) is 0 Å². The summed E-state index contributed by atoms with van der Waals surface area (Å²) in [6.45, 7) is 17.0. The van der Waals surface area contributed by atoms with Gasteiger partial charge in [-0.3, -0.25) is 14.4 Å². The van der Waals surface area contributed by atoms with Crippen molar-refractivity contribution in [1.29, 1.82) is 0 Å². The monoisotopic (exact) mass is 485 g/mol. The van der Waals surface area contributed by atoms with E-state index in [9.17, 15) is 19.2 Å². The lowest BCUT2D eigenvalue weighted by Gasteiger charge is -2.28. The van der Waals surface area contributed by atoms with E-state index < -0.39 is 23.7 Å². The number of carboxylic acid groups (broad SMARTS) is 1. The molecule has 0 saturated heterocycles. The number of hydrogen-bond acceptors (Lipinski definition) is 5. The molecular formula is C25H47N3O6. The van der Waals surface area contributed by atoms with E-state index in [0.717, 1.165) is 0 Å². The number of hydrogen-bond donors (Lipinski definition) is 4. The molecule has 34 heavy (non-hydrogen) atoms. The standard InChI is InChI=1S/C25H47N3O6/c1-15(2)14-20(28-24(33)34-25(7,8)9)23(32)27-19(17(5)6)10-12-21(29)26-18(16(3)4)11-13-22(30)31/h15-20H,10-14H2,1-9H3,(H,26,29)(H,27,32)(H,28,33)(H,30,31)/t18-,19-,20+/m1/s1. The van der Waals surface area contributed by atoms with E-state index in [1.165, 1.54) is 0 Å². The average Bonchev–Trinajstić information content (AvgIpc) is 2.65. The first kappa shape index (κ1) is 31.7. The van der Waals surface area contributed by atoms with Crippen molar-refractivity contribution in [2.75, 3.05) is 0 Å². The first-order chi connectivity index (χ1) is 15.5. The van der Waals surface area contributed by atoms with Crippen molar-refractivity contribution in [3.63, 3.8) is 0 Å². The van der Waals surface area contributed by atoms with E-state index in [4.69, 9.17) is 9.84 Å². The summed E-state index contributed by atoms with van der Waals surface area (Å²) >= 11 is 0. The van der Waals surface area contributed by atoms with Crippen LogP contribution in [0.4, 0.5) is 4.79 Å². The molecule has 3 amide bonds. The largest absolute Gasteiger partial charge is 0.481 e. The van der Waals surface area contributed by atoms with E-state index in [1.54, 1.807) is 20.8 Å². The molecular weight excluding hydrogens is 438 g/mol. The first-order valence-electron chi connectivity index (χ1n) is 12.3. The van der Waals surface area contributed by atoms with Crippen molar-refractivity contribution in [2.45, 2.75) is 118 Å². The molecule has 9 heteroatoms. The quantitative estimate of drug-likeness (QED) is 0.295. The topological polar surface area (TPSA) is 134 Å². The van der Waals surface area contributed by atoms with Crippen LogP contribution in [0, 0.1) is 17.8 Å². The van der Waals surface area contributed by atoms with E-state index in [2.05, 4.69) is 16.0 Å². The number of nitrogens with one attached hydrogen (secondary N) is 3. The van der Waals surface area contributed by atoms with Crippen LogP contribution in [-0.4, -0.2) is 52.7 Å². The molecule has 0 fully saturated rings. The third-order valence-electron chi connectivity index (χ3n) is 5.35. The number of carbonyl (C=O) groups excluding carboxylic acids is 3. The predicted molar refractivity (Wildman–Crippen MR) is 132 cm³/mol. The summed E-state index contributed by atoms with van der Waals surface area (Å²) in [6.07, 6.45) is 0.810. The molecule has 9 nitrogen and oxygen atoms in total. The van der Waals surface area contributed by atoms with Crippen LogP contribution in [0.25, 0.3) is 0 Å². The highest BCUT2D eigenvalue weighted by Gasteiger charge is 2.28. The van der Waals surface area contributed by atoms with E-state index in [1.807, 2.05) is 41.5 Å². The lowest BCUT2D eigenvalue weighted by Crippen LogP contribution is -2.52. The van der Waals surface area contributed by atoms with Gasteiger partial charge in [0, 0.05) is 24.9 Å². The number of carboxylic acids is 1. The van der Waals surface area contributed by atoms with E-state index >= 15 is 0 Å².